The zero-order valence-electron chi connectivity index (χ0n) is 19.7. The van der Waals surface area contributed by atoms with Gasteiger partial charge in [0.25, 0.3) is 0 Å². The fourth-order valence-electron chi connectivity index (χ4n) is 3.45. The second-order valence-corrected chi connectivity index (χ2v) is 7.40. The maximum atomic E-state index is 15.2. The number of aryl methyl sites for hydroxylation is 1. The lowest BCUT2D eigenvalue weighted by Crippen LogP contribution is -2.02. The van der Waals surface area contributed by atoms with Gasteiger partial charge in [-0.25, -0.2) is 4.39 Å². The molecule has 164 valence electrons. The topological polar surface area (TPSA) is 12.4 Å². The van der Waals surface area contributed by atoms with E-state index in [4.69, 9.17) is 0 Å². The van der Waals surface area contributed by atoms with Crippen LogP contribution in [0.1, 0.15) is 44.4 Å². The van der Waals surface area contributed by atoms with Crippen LogP contribution in [0.4, 0.5) is 4.39 Å². The van der Waals surface area contributed by atoms with E-state index in [0.717, 1.165) is 39.0 Å². The molecule has 1 nitrogen and oxygen atoms in total. The van der Waals surface area contributed by atoms with Crippen molar-refractivity contribution in [1.82, 2.24) is 0 Å². The molecule has 0 spiro atoms. The zero-order valence-corrected chi connectivity index (χ0v) is 19.7. The summed E-state index contributed by atoms with van der Waals surface area (Å²) in [6, 6.07) is 15.3. The van der Waals surface area contributed by atoms with Crippen LogP contribution in [0.25, 0.3) is 5.57 Å². The van der Waals surface area contributed by atoms with Gasteiger partial charge in [-0.05, 0) is 80.2 Å². The lowest BCUT2D eigenvalue weighted by Gasteiger charge is -2.20. The van der Waals surface area contributed by atoms with Crippen LogP contribution in [0.3, 0.4) is 0 Å². The third-order valence-electron chi connectivity index (χ3n) is 5.25. The summed E-state index contributed by atoms with van der Waals surface area (Å²) in [4.78, 5) is 4.12. The van der Waals surface area contributed by atoms with Crippen LogP contribution < -0.4 is 0 Å². The van der Waals surface area contributed by atoms with E-state index in [1.807, 2.05) is 76.2 Å². The summed E-state index contributed by atoms with van der Waals surface area (Å²) in [5, 5.41) is 0. The van der Waals surface area contributed by atoms with Gasteiger partial charge in [0, 0.05) is 18.0 Å². The Morgan fingerprint density at radius 1 is 0.938 bits per heavy atom. The lowest BCUT2D eigenvalue weighted by atomic mass is 9.84. The smallest absolute Gasteiger partial charge is 0.131 e. The second-order valence-electron chi connectivity index (χ2n) is 7.40. The van der Waals surface area contributed by atoms with Gasteiger partial charge >= 0.3 is 0 Å². The Balaban J connectivity index is 2.88. The number of halogens is 1. The van der Waals surface area contributed by atoms with E-state index >= 15 is 4.39 Å². The highest BCUT2D eigenvalue weighted by Gasteiger charge is 2.18. The van der Waals surface area contributed by atoms with Gasteiger partial charge in [-0.1, -0.05) is 78.9 Å². The molecule has 2 rings (SSSR count). The van der Waals surface area contributed by atoms with Crippen molar-refractivity contribution >= 4 is 11.8 Å². The highest BCUT2D eigenvalue weighted by Crippen LogP contribution is 2.36. The third-order valence-corrected chi connectivity index (χ3v) is 5.25. The Morgan fingerprint density at radius 2 is 1.66 bits per heavy atom. The molecule has 32 heavy (non-hydrogen) atoms. The minimum absolute atomic E-state index is 0.234. The zero-order chi connectivity index (χ0) is 23.5. The van der Waals surface area contributed by atoms with Gasteiger partial charge in [-0.15, -0.1) is 0 Å². The molecule has 0 atom stereocenters. The summed E-state index contributed by atoms with van der Waals surface area (Å²) in [6.45, 7) is 13.7. The SMILES string of the molecule is C=CN=CC(=C\C)/C=C/C(=C\C)C(/C(C)=C\C)=C(\c1ccccc1)c1cc(C)ccc1F. The molecule has 0 saturated carbocycles. The first-order valence-electron chi connectivity index (χ1n) is 10.8. The van der Waals surface area contributed by atoms with E-state index < -0.39 is 0 Å². The molecule has 0 aromatic heterocycles. The number of allylic oxidation sites excluding steroid dienone is 9. The van der Waals surface area contributed by atoms with Crippen LogP contribution in [0, 0.1) is 12.7 Å². The first-order chi connectivity index (χ1) is 15.5. The van der Waals surface area contributed by atoms with Gasteiger partial charge in [0.15, 0.2) is 0 Å². The number of aliphatic imine (C=N–C) groups is 1. The quantitative estimate of drug-likeness (QED) is 0.297. The predicted octanol–water partition coefficient (Wildman–Crippen LogP) is 8.57. The molecule has 0 aliphatic rings. The molecular formula is C30H32FN. The number of hydrogen-bond acceptors (Lipinski definition) is 1. The molecule has 0 saturated heterocycles. The molecule has 0 N–H and O–H groups in total. The van der Waals surface area contributed by atoms with Crippen molar-refractivity contribution in [3.05, 3.63) is 136 Å². The van der Waals surface area contributed by atoms with E-state index in [0.29, 0.717) is 5.56 Å². The standard InChI is InChI=1S/C30H32FN/c1-7-23(6)29(25(9-3)18-17-24(8-2)21-32-10-4)30(26-14-12-11-13-15-26)27-20-22(5)16-19-28(27)31/h7-21H,4H2,1-3,5-6H3/b18-17+,23-7-,24-8-,25-9+,30-29+,32-21?. The summed E-state index contributed by atoms with van der Waals surface area (Å²) in [5.41, 5.74) is 7.50. The van der Waals surface area contributed by atoms with E-state index in [2.05, 4.69) is 36.7 Å². The normalized spacial score (nSPS) is 14.2. The Labute approximate surface area is 192 Å². The first-order valence-corrected chi connectivity index (χ1v) is 10.8. The van der Waals surface area contributed by atoms with Gasteiger partial charge in [-0.2, -0.15) is 0 Å². The predicted molar refractivity (Wildman–Crippen MR) is 138 cm³/mol. The van der Waals surface area contributed by atoms with Gasteiger partial charge in [0.1, 0.15) is 5.82 Å². The van der Waals surface area contributed by atoms with Gasteiger partial charge in [0.2, 0.25) is 0 Å². The molecule has 2 aromatic rings. The molecule has 2 heteroatoms. The maximum Gasteiger partial charge on any atom is 0.131 e. The van der Waals surface area contributed by atoms with Crippen LogP contribution in [0.2, 0.25) is 0 Å². The summed E-state index contributed by atoms with van der Waals surface area (Å²) >= 11 is 0. The molecule has 0 amide bonds. The van der Waals surface area contributed by atoms with Crippen molar-refractivity contribution in [2.75, 3.05) is 0 Å². The van der Waals surface area contributed by atoms with Crippen molar-refractivity contribution < 1.29 is 4.39 Å². The number of nitrogens with zero attached hydrogens (tertiary/aromatic N) is 1. The number of rotatable bonds is 8. The minimum atomic E-state index is -0.234. The fourth-order valence-corrected chi connectivity index (χ4v) is 3.45. The molecule has 0 heterocycles. The molecular weight excluding hydrogens is 393 g/mol. The largest absolute Gasteiger partial charge is 0.265 e. The molecule has 0 radical (unpaired) electrons. The Morgan fingerprint density at radius 3 is 2.25 bits per heavy atom. The van der Waals surface area contributed by atoms with E-state index in [-0.39, 0.29) is 5.82 Å². The van der Waals surface area contributed by atoms with Crippen LogP contribution in [0.15, 0.2) is 119 Å². The van der Waals surface area contributed by atoms with Crippen LogP contribution in [-0.2, 0) is 0 Å². The van der Waals surface area contributed by atoms with E-state index in [1.165, 1.54) is 6.20 Å². The average molecular weight is 426 g/mol. The van der Waals surface area contributed by atoms with E-state index in [1.54, 1.807) is 18.3 Å². The first kappa shape index (κ1) is 24.7. The third kappa shape index (κ3) is 6.24. The van der Waals surface area contributed by atoms with Gasteiger partial charge < -0.3 is 0 Å². The molecule has 0 bridgehead atoms. The Hall–Kier alpha value is -3.52. The minimum Gasteiger partial charge on any atom is -0.265 e. The fraction of sp³-hybridized carbons (Fsp3) is 0.167. The van der Waals surface area contributed by atoms with Gasteiger partial charge in [-0.3, -0.25) is 4.99 Å². The number of benzene rings is 2. The maximum absolute atomic E-state index is 15.2. The summed E-state index contributed by atoms with van der Waals surface area (Å²) in [6.07, 6.45) is 13.5. The van der Waals surface area contributed by atoms with Crippen molar-refractivity contribution in [3.8, 4) is 0 Å². The average Bonchev–Trinajstić information content (AvgIpc) is 2.82. The van der Waals surface area contributed by atoms with Crippen molar-refractivity contribution in [3.63, 3.8) is 0 Å². The van der Waals surface area contributed by atoms with Crippen LogP contribution >= 0.6 is 0 Å². The Bertz CT molecular complexity index is 1120. The molecule has 0 unspecified atom stereocenters. The van der Waals surface area contributed by atoms with Gasteiger partial charge in [0.05, 0.1) is 0 Å². The number of hydrogen-bond donors (Lipinski definition) is 0. The van der Waals surface area contributed by atoms with E-state index in [9.17, 15) is 0 Å². The van der Waals surface area contributed by atoms with Crippen LogP contribution in [-0.4, -0.2) is 6.21 Å². The lowest BCUT2D eigenvalue weighted by molar-refractivity contribution is 0.623. The second kappa shape index (κ2) is 12.4. The summed E-state index contributed by atoms with van der Waals surface area (Å²) < 4.78 is 15.2. The van der Waals surface area contributed by atoms with Crippen molar-refractivity contribution in [1.29, 1.82) is 0 Å². The highest BCUT2D eigenvalue weighted by atomic mass is 19.1. The monoisotopic (exact) mass is 425 g/mol. The van der Waals surface area contributed by atoms with Crippen molar-refractivity contribution in [2.24, 2.45) is 4.99 Å². The molecule has 0 fully saturated rings. The van der Waals surface area contributed by atoms with Crippen LogP contribution in [0.5, 0.6) is 0 Å². The Kier molecular flexibility index (Phi) is 9.56. The van der Waals surface area contributed by atoms with Crippen molar-refractivity contribution in [2.45, 2.75) is 34.6 Å². The molecule has 0 aliphatic heterocycles. The molecule has 2 aromatic carbocycles. The molecule has 0 aliphatic carbocycles. The summed E-state index contributed by atoms with van der Waals surface area (Å²) in [7, 11) is 0. The summed E-state index contributed by atoms with van der Waals surface area (Å²) in [5.74, 6) is -0.234. The highest BCUT2D eigenvalue weighted by molar-refractivity contribution is 5.89.